The third-order valence-electron chi connectivity index (χ3n) is 3.33. The van der Waals surface area contributed by atoms with Crippen LogP contribution in [0.1, 0.15) is 17.4 Å². The van der Waals surface area contributed by atoms with E-state index in [1.54, 1.807) is 11.3 Å². The first-order chi connectivity index (χ1) is 9.11. The lowest BCUT2D eigenvalue weighted by molar-refractivity contribution is 0.688. The van der Waals surface area contributed by atoms with E-state index in [2.05, 4.69) is 42.5 Å². The zero-order valence-corrected chi connectivity index (χ0v) is 13.4. The molecule has 19 heavy (non-hydrogen) atoms. The van der Waals surface area contributed by atoms with Crippen LogP contribution in [0.25, 0.3) is 0 Å². The summed E-state index contributed by atoms with van der Waals surface area (Å²) in [5.41, 5.74) is 2.11. The molecule has 0 fully saturated rings. The number of likely N-dealkylation sites (N-methyl/N-ethyl adjacent to an activating group) is 1. The summed E-state index contributed by atoms with van der Waals surface area (Å²) in [6.07, 6.45) is 1.04. The van der Waals surface area contributed by atoms with Gasteiger partial charge < -0.3 is 4.90 Å². The van der Waals surface area contributed by atoms with Gasteiger partial charge in [-0.25, -0.2) is 0 Å². The molecule has 1 unspecified atom stereocenters. The van der Waals surface area contributed by atoms with Gasteiger partial charge in [-0.1, -0.05) is 23.7 Å². The van der Waals surface area contributed by atoms with Crippen LogP contribution in [-0.2, 0) is 12.3 Å². The van der Waals surface area contributed by atoms with Crippen molar-refractivity contribution < 1.29 is 0 Å². The molecule has 102 valence electrons. The van der Waals surface area contributed by atoms with Crippen molar-refractivity contribution in [3.05, 3.63) is 51.2 Å². The zero-order chi connectivity index (χ0) is 13.8. The Balaban J connectivity index is 2.10. The van der Waals surface area contributed by atoms with E-state index < -0.39 is 0 Å². The highest BCUT2D eigenvalue weighted by molar-refractivity contribution is 7.09. The summed E-state index contributed by atoms with van der Waals surface area (Å²) in [5.74, 6) is 0.452. The number of rotatable bonds is 5. The van der Waals surface area contributed by atoms with E-state index in [4.69, 9.17) is 23.2 Å². The van der Waals surface area contributed by atoms with Crippen LogP contribution in [0.5, 0.6) is 0 Å². The fourth-order valence-electron chi connectivity index (χ4n) is 1.98. The van der Waals surface area contributed by atoms with Crippen LogP contribution < -0.4 is 4.90 Å². The van der Waals surface area contributed by atoms with Gasteiger partial charge in [-0.05, 0) is 36.1 Å². The maximum Gasteiger partial charge on any atom is 0.0488 e. The summed E-state index contributed by atoms with van der Waals surface area (Å²) in [4.78, 5) is 3.66. The summed E-state index contributed by atoms with van der Waals surface area (Å²) in [5, 5.41) is 2.86. The Kier molecular flexibility index (Phi) is 5.14. The molecule has 0 radical (unpaired) electrons. The Morgan fingerprint density at radius 2 is 2.11 bits per heavy atom. The van der Waals surface area contributed by atoms with Crippen molar-refractivity contribution in [1.29, 1.82) is 0 Å². The lowest BCUT2D eigenvalue weighted by Crippen LogP contribution is -2.30. The predicted octanol–water partition coefficient (Wildman–Crippen LogP) is 5.21. The second-order valence-electron chi connectivity index (χ2n) is 4.65. The molecule has 0 saturated heterocycles. The van der Waals surface area contributed by atoms with Crippen molar-refractivity contribution in [1.82, 2.24) is 0 Å². The monoisotopic (exact) mass is 313 g/mol. The highest BCUT2D eigenvalue weighted by Gasteiger charge is 2.12. The Morgan fingerprint density at radius 1 is 1.32 bits per heavy atom. The minimum absolute atomic E-state index is 0.427. The van der Waals surface area contributed by atoms with E-state index in [-0.39, 0.29) is 0 Å². The predicted molar refractivity (Wildman–Crippen MR) is 86.9 cm³/mol. The SMILES string of the molecule is CC(Cc1cccs1)N(C)c1ccc(CCl)c(Cl)c1. The Labute approximate surface area is 128 Å². The molecule has 1 atom stereocenters. The zero-order valence-electron chi connectivity index (χ0n) is 11.1. The average molecular weight is 314 g/mol. The van der Waals surface area contributed by atoms with Crippen LogP contribution >= 0.6 is 34.5 Å². The molecule has 4 heteroatoms. The summed E-state index contributed by atoms with van der Waals surface area (Å²) in [6, 6.07) is 10.8. The van der Waals surface area contributed by atoms with E-state index >= 15 is 0 Å². The quantitative estimate of drug-likeness (QED) is 0.685. The summed E-state index contributed by atoms with van der Waals surface area (Å²) in [6.45, 7) is 2.23. The van der Waals surface area contributed by atoms with E-state index in [0.29, 0.717) is 11.9 Å². The minimum Gasteiger partial charge on any atom is -0.371 e. The van der Waals surface area contributed by atoms with Crippen molar-refractivity contribution in [2.75, 3.05) is 11.9 Å². The van der Waals surface area contributed by atoms with Crippen molar-refractivity contribution in [2.24, 2.45) is 0 Å². The van der Waals surface area contributed by atoms with Crippen molar-refractivity contribution in [2.45, 2.75) is 25.3 Å². The van der Waals surface area contributed by atoms with Gasteiger partial charge in [0.15, 0.2) is 0 Å². The Bertz CT molecular complexity index is 525. The van der Waals surface area contributed by atoms with Crippen molar-refractivity contribution in [3.63, 3.8) is 0 Å². The van der Waals surface area contributed by atoms with Gasteiger partial charge >= 0.3 is 0 Å². The molecule has 0 amide bonds. The molecule has 1 heterocycles. The molecule has 0 aliphatic carbocycles. The fraction of sp³-hybridized carbons (Fsp3) is 0.333. The standard InChI is InChI=1S/C15H17Cl2NS/c1-11(8-14-4-3-7-19-14)18(2)13-6-5-12(10-16)15(17)9-13/h3-7,9,11H,8,10H2,1-2H3. The van der Waals surface area contributed by atoms with Crippen LogP contribution in [0.15, 0.2) is 35.7 Å². The smallest absolute Gasteiger partial charge is 0.0488 e. The fourth-order valence-corrected chi connectivity index (χ4v) is 3.34. The van der Waals surface area contributed by atoms with Gasteiger partial charge in [0.25, 0.3) is 0 Å². The average Bonchev–Trinajstić information content (AvgIpc) is 2.90. The van der Waals surface area contributed by atoms with Crippen molar-refractivity contribution >= 4 is 40.2 Å². The topological polar surface area (TPSA) is 3.24 Å². The molecule has 0 spiro atoms. The number of hydrogen-bond donors (Lipinski definition) is 0. The van der Waals surface area contributed by atoms with Gasteiger partial charge in [-0.2, -0.15) is 0 Å². The van der Waals surface area contributed by atoms with E-state index in [1.165, 1.54) is 4.88 Å². The number of anilines is 1. The summed E-state index contributed by atoms with van der Waals surface area (Å²) in [7, 11) is 2.10. The van der Waals surface area contributed by atoms with Gasteiger partial charge in [0.2, 0.25) is 0 Å². The first kappa shape index (κ1) is 14.7. The number of halogens is 2. The van der Waals surface area contributed by atoms with Crippen LogP contribution in [0.3, 0.4) is 0 Å². The highest BCUT2D eigenvalue weighted by Crippen LogP contribution is 2.26. The van der Waals surface area contributed by atoms with E-state index in [0.717, 1.165) is 22.7 Å². The number of alkyl halides is 1. The first-order valence-electron chi connectivity index (χ1n) is 6.21. The van der Waals surface area contributed by atoms with Gasteiger partial charge in [-0.15, -0.1) is 22.9 Å². The van der Waals surface area contributed by atoms with Gasteiger partial charge in [-0.3, -0.25) is 0 Å². The molecule has 0 saturated carbocycles. The number of nitrogens with zero attached hydrogens (tertiary/aromatic N) is 1. The Hall–Kier alpha value is -0.700. The third-order valence-corrected chi connectivity index (χ3v) is 4.86. The first-order valence-corrected chi connectivity index (χ1v) is 8.00. The van der Waals surface area contributed by atoms with E-state index in [1.807, 2.05) is 12.1 Å². The van der Waals surface area contributed by atoms with Crippen LogP contribution in [0.2, 0.25) is 5.02 Å². The molecule has 1 aromatic carbocycles. The second kappa shape index (κ2) is 6.65. The normalized spacial score (nSPS) is 12.4. The molecule has 1 aromatic heterocycles. The van der Waals surface area contributed by atoms with E-state index in [9.17, 15) is 0 Å². The molecule has 2 rings (SSSR count). The maximum absolute atomic E-state index is 6.21. The largest absolute Gasteiger partial charge is 0.371 e. The number of thiophene rings is 1. The molecule has 1 nitrogen and oxygen atoms in total. The second-order valence-corrected chi connectivity index (χ2v) is 6.36. The van der Waals surface area contributed by atoms with Crippen LogP contribution in [0, 0.1) is 0 Å². The number of benzene rings is 1. The molecule has 0 N–H and O–H groups in total. The van der Waals surface area contributed by atoms with Crippen LogP contribution in [0.4, 0.5) is 5.69 Å². The van der Waals surface area contributed by atoms with Gasteiger partial charge in [0.05, 0.1) is 0 Å². The summed E-state index contributed by atoms with van der Waals surface area (Å²) < 4.78 is 0. The molecular formula is C15H17Cl2NS. The van der Waals surface area contributed by atoms with Crippen LogP contribution in [-0.4, -0.2) is 13.1 Å². The molecular weight excluding hydrogens is 297 g/mol. The molecule has 2 aromatic rings. The van der Waals surface area contributed by atoms with Crippen molar-refractivity contribution in [3.8, 4) is 0 Å². The summed E-state index contributed by atoms with van der Waals surface area (Å²) >= 11 is 13.8. The lowest BCUT2D eigenvalue weighted by atomic mass is 10.1. The number of hydrogen-bond acceptors (Lipinski definition) is 2. The highest BCUT2D eigenvalue weighted by atomic mass is 35.5. The maximum atomic E-state index is 6.21. The Morgan fingerprint density at radius 3 is 2.68 bits per heavy atom. The van der Waals surface area contributed by atoms with Gasteiger partial charge in [0, 0.05) is 41.0 Å². The van der Waals surface area contributed by atoms with Gasteiger partial charge in [0.1, 0.15) is 0 Å². The third kappa shape index (κ3) is 3.65. The lowest BCUT2D eigenvalue weighted by Gasteiger charge is -2.27. The molecule has 0 aliphatic heterocycles. The minimum atomic E-state index is 0.427. The molecule has 0 bridgehead atoms. The molecule has 0 aliphatic rings.